The Morgan fingerprint density at radius 2 is 2.00 bits per heavy atom. The Morgan fingerprint density at radius 1 is 1.25 bits per heavy atom. The van der Waals surface area contributed by atoms with E-state index in [1.807, 2.05) is 0 Å². The van der Waals surface area contributed by atoms with Crippen molar-refractivity contribution in [3.63, 3.8) is 0 Å². The molecule has 0 bridgehead atoms. The first-order valence-electron chi connectivity index (χ1n) is 8.06. The number of benzene rings is 1. The van der Waals surface area contributed by atoms with Gasteiger partial charge in [-0.3, -0.25) is 0 Å². The molecule has 1 unspecified atom stereocenters. The van der Waals surface area contributed by atoms with E-state index in [1.54, 1.807) is 0 Å². The van der Waals surface area contributed by atoms with Crippen molar-refractivity contribution in [1.82, 2.24) is 5.32 Å². The lowest BCUT2D eigenvalue weighted by atomic mass is 9.82. The number of rotatable bonds is 6. The average molecular weight is 275 g/mol. The van der Waals surface area contributed by atoms with Crippen LogP contribution in [0.4, 0.5) is 0 Å². The molecule has 0 spiro atoms. The summed E-state index contributed by atoms with van der Waals surface area (Å²) >= 11 is 0. The van der Waals surface area contributed by atoms with Gasteiger partial charge in [-0.1, -0.05) is 32.9 Å². The Bertz CT molecular complexity index is 390. The molecular formula is C18H29NO. The highest BCUT2D eigenvalue weighted by Gasteiger charge is 2.17. The normalized spacial score (nSPS) is 19.9. The van der Waals surface area contributed by atoms with Gasteiger partial charge in [0.15, 0.2) is 0 Å². The Labute approximate surface area is 123 Å². The fourth-order valence-corrected chi connectivity index (χ4v) is 2.72. The van der Waals surface area contributed by atoms with Gasteiger partial charge in [0, 0.05) is 0 Å². The minimum absolute atomic E-state index is 0.256. The van der Waals surface area contributed by atoms with Gasteiger partial charge in [0.25, 0.3) is 0 Å². The molecule has 2 nitrogen and oxygen atoms in total. The van der Waals surface area contributed by atoms with Crippen LogP contribution in [0.3, 0.4) is 0 Å². The quantitative estimate of drug-likeness (QED) is 0.842. The van der Waals surface area contributed by atoms with E-state index in [4.69, 9.17) is 4.74 Å². The highest BCUT2D eigenvalue weighted by molar-refractivity contribution is 5.31. The molecule has 20 heavy (non-hydrogen) atoms. The number of hydrogen-bond acceptors (Lipinski definition) is 2. The Kier molecular flexibility index (Phi) is 5.47. The molecule has 1 atom stereocenters. The van der Waals surface area contributed by atoms with Crippen molar-refractivity contribution in [2.75, 3.05) is 19.7 Å². The van der Waals surface area contributed by atoms with E-state index in [0.29, 0.717) is 0 Å². The molecule has 1 aromatic rings. The molecule has 1 aliphatic heterocycles. The number of ether oxygens (including phenoxy) is 1. The molecule has 0 aromatic heterocycles. The van der Waals surface area contributed by atoms with Gasteiger partial charge in [-0.05, 0) is 67.8 Å². The Balaban J connectivity index is 1.79. The molecular weight excluding hydrogens is 246 g/mol. The summed E-state index contributed by atoms with van der Waals surface area (Å²) in [6.45, 7) is 10.0. The Morgan fingerprint density at radius 3 is 2.60 bits per heavy atom. The highest BCUT2D eigenvalue weighted by atomic mass is 16.5. The van der Waals surface area contributed by atoms with E-state index in [2.05, 4.69) is 50.4 Å². The lowest BCUT2D eigenvalue weighted by molar-refractivity contribution is 0.254. The molecule has 0 radical (unpaired) electrons. The van der Waals surface area contributed by atoms with Crippen LogP contribution >= 0.6 is 0 Å². The third-order valence-electron chi connectivity index (χ3n) is 4.71. The largest absolute Gasteiger partial charge is 0.494 e. The molecule has 0 aliphatic carbocycles. The van der Waals surface area contributed by atoms with E-state index in [-0.39, 0.29) is 5.41 Å². The summed E-state index contributed by atoms with van der Waals surface area (Å²) < 4.78 is 5.88. The number of nitrogens with one attached hydrogen (secondary N) is 1. The summed E-state index contributed by atoms with van der Waals surface area (Å²) in [6.07, 6.45) is 4.97. The Hall–Kier alpha value is -1.02. The summed E-state index contributed by atoms with van der Waals surface area (Å²) in [4.78, 5) is 0. The van der Waals surface area contributed by atoms with E-state index >= 15 is 0 Å². The fourth-order valence-electron chi connectivity index (χ4n) is 2.72. The summed E-state index contributed by atoms with van der Waals surface area (Å²) in [7, 11) is 0. The standard InChI is InChI=1S/C18H29NO/c1-4-18(2,3)16-7-9-17(10-8-16)20-13-11-15-6-5-12-19-14-15/h7-10,15,19H,4-6,11-14H2,1-3H3. The van der Waals surface area contributed by atoms with E-state index in [1.165, 1.54) is 24.9 Å². The molecule has 1 fully saturated rings. The molecule has 1 aliphatic rings. The van der Waals surface area contributed by atoms with Crippen molar-refractivity contribution in [2.24, 2.45) is 5.92 Å². The maximum absolute atomic E-state index is 5.88. The van der Waals surface area contributed by atoms with E-state index in [9.17, 15) is 0 Å². The van der Waals surface area contributed by atoms with Crippen LogP contribution in [0.25, 0.3) is 0 Å². The SMILES string of the molecule is CCC(C)(C)c1ccc(OCCC2CCCNC2)cc1. The fraction of sp³-hybridized carbons (Fsp3) is 0.667. The van der Waals surface area contributed by atoms with Crippen LogP contribution in [-0.2, 0) is 5.41 Å². The lowest BCUT2D eigenvalue weighted by Crippen LogP contribution is -2.30. The molecule has 2 heteroatoms. The van der Waals surface area contributed by atoms with Crippen LogP contribution in [0.1, 0.15) is 52.0 Å². The first-order valence-corrected chi connectivity index (χ1v) is 8.06. The number of hydrogen-bond donors (Lipinski definition) is 1. The van der Waals surface area contributed by atoms with Crippen LogP contribution in [0.2, 0.25) is 0 Å². The molecule has 2 rings (SSSR count). The molecule has 1 saturated heterocycles. The van der Waals surface area contributed by atoms with Gasteiger partial charge in [0.2, 0.25) is 0 Å². The number of piperidine rings is 1. The van der Waals surface area contributed by atoms with Gasteiger partial charge in [-0.2, -0.15) is 0 Å². The molecule has 1 heterocycles. The van der Waals surface area contributed by atoms with Crippen molar-refractivity contribution >= 4 is 0 Å². The van der Waals surface area contributed by atoms with Crippen molar-refractivity contribution in [2.45, 2.75) is 51.9 Å². The first kappa shape index (κ1) is 15.4. The van der Waals surface area contributed by atoms with Crippen LogP contribution in [0.5, 0.6) is 5.75 Å². The van der Waals surface area contributed by atoms with Gasteiger partial charge in [-0.15, -0.1) is 0 Å². The molecule has 0 saturated carbocycles. The van der Waals surface area contributed by atoms with Crippen LogP contribution < -0.4 is 10.1 Å². The maximum atomic E-state index is 5.88. The van der Waals surface area contributed by atoms with E-state index in [0.717, 1.165) is 37.7 Å². The monoisotopic (exact) mass is 275 g/mol. The van der Waals surface area contributed by atoms with Gasteiger partial charge < -0.3 is 10.1 Å². The molecule has 0 amide bonds. The van der Waals surface area contributed by atoms with Crippen LogP contribution in [0.15, 0.2) is 24.3 Å². The third-order valence-corrected chi connectivity index (χ3v) is 4.71. The summed E-state index contributed by atoms with van der Waals surface area (Å²) in [5.41, 5.74) is 1.65. The molecule has 112 valence electrons. The predicted octanol–water partition coefficient (Wildman–Crippen LogP) is 4.14. The minimum atomic E-state index is 0.256. The third kappa shape index (κ3) is 4.24. The zero-order valence-electron chi connectivity index (χ0n) is 13.2. The van der Waals surface area contributed by atoms with Crippen molar-refractivity contribution in [3.8, 4) is 5.75 Å². The topological polar surface area (TPSA) is 21.3 Å². The highest BCUT2D eigenvalue weighted by Crippen LogP contribution is 2.28. The summed E-state index contributed by atoms with van der Waals surface area (Å²) in [6, 6.07) is 8.65. The smallest absolute Gasteiger partial charge is 0.119 e. The summed E-state index contributed by atoms with van der Waals surface area (Å²) in [5.74, 6) is 1.80. The maximum Gasteiger partial charge on any atom is 0.119 e. The first-order chi connectivity index (χ1) is 9.62. The molecule has 1 N–H and O–H groups in total. The van der Waals surface area contributed by atoms with Crippen molar-refractivity contribution in [3.05, 3.63) is 29.8 Å². The second-order valence-electron chi connectivity index (χ2n) is 6.61. The van der Waals surface area contributed by atoms with Crippen molar-refractivity contribution < 1.29 is 4.74 Å². The zero-order chi connectivity index (χ0) is 14.4. The van der Waals surface area contributed by atoms with Crippen LogP contribution in [-0.4, -0.2) is 19.7 Å². The second kappa shape index (κ2) is 7.12. The zero-order valence-corrected chi connectivity index (χ0v) is 13.2. The van der Waals surface area contributed by atoms with Crippen molar-refractivity contribution in [1.29, 1.82) is 0 Å². The van der Waals surface area contributed by atoms with E-state index < -0.39 is 0 Å². The summed E-state index contributed by atoms with van der Waals surface area (Å²) in [5, 5.41) is 3.46. The van der Waals surface area contributed by atoms with Gasteiger partial charge in [0.05, 0.1) is 6.61 Å². The van der Waals surface area contributed by atoms with Gasteiger partial charge in [0.1, 0.15) is 5.75 Å². The lowest BCUT2D eigenvalue weighted by Gasteiger charge is -2.24. The van der Waals surface area contributed by atoms with Gasteiger partial charge in [-0.25, -0.2) is 0 Å². The predicted molar refractivity (Wildman–Crippen MR) is 85.5 cm³/mol. The second-order valence-corrected chi connectivity index (χ2v) is 6.61. The minimum Gasteiger partial charge on any atom is -0.494 e. The molecule has 1 aromatic carbocycles. The average Bonchev–Trinajstić information content (AvgIpc) is 2.49. The van der Waals surface area contributed by atoms with Crippen LogP contribution in [0, 0.1) is 5.92 Å². The van der Waals surface area contributed by atoms with Gasteiger partial charge >= 0.3 is 0 Å².